The van der Waals surface area contributed by atoms with Gasteiger partial charge in [-0.3, -0.25) is 0 Å². The molecule has 0 aliphatic heterocycles. The Bertz CT molecular complexity index is 754. The largest absolute Gasteiger partial charge is 0.379 e. The number of nitrogens with one attached hydrogen (secondary N) is 1. The quantitative estimate of drug-likeness (QED) is 0.224. The molecule has 32 heavy (non-hydrogen) atoms. The SMILES string of the molecule is CCCOCC(COCCC=O)(COCCOCCC=O)NS(=O)(=O)c1ccc(C)cc1. The van der Waals surface area contributed by atoms with Crippen LogP contribution in [0.2, 0.25) is 0 Å². The van der Waals surface area contributed by atoms with Crippen LogP contribution in [0.5, 0.6) is 0 Å². The van der Waals surface area contributed by atoms with Crippen molar-refractivity contribution < 1.29 is 37.0 Å². The van der Waals surface area contributed by atoms with Crippen LogP contribution in [0.1, 0.15) is 31.7 Å². The van der Waals surface area contributed by atoms with Crippen LogP contribution in [-0.4, -0.2) is 79.4 Å². The summed E-state index contributed by atoms with van der Waals surface area (Å²) in [5, 5.41) is 0. The second-order valence-corrected chi connectivity index (χ2v) is 9.06. The molecular formula is C22H35NO8S. The van der Waals surface area contributed by atoms with Gasteiger partial charge in [0.1, 0.15) is 18.1 Å². The van der Waals surface area contributed by atoms with Crippen LogP contribution in [0.3, 0.4) is 0 Å². The number of aldehydes is 2. The third-order valence-corrected chi connectivity index (χ3v) is 5.89. The van der Waals surface area contributed by atoms with Crippen LogP contribution in [0.15, 0.2) is 29.2 Å². The number of hydrogen-bond donors (Lipinski definition) is 1. The third-order valence-electron chi connectivity index (χ3n) is 4.30. The van der Waals surface area contributed by atoms with Gasteiger partial charge in [-0.2, -0.15) is 4.72 Å². The molecule has 1 rings (SSSR count). The number of sulfonamides is 1. The third kappa shape index (κ3) is 11.3. The predicted octanol–water partition coefficient (Wildman–Crippen LogP) is 1.67. The summed E-state index contributed by atoms with van der Waals surface area (Å²) in [7, 11) is -3.90. The number of benzene rings is 1. The Labute approximate surface area is 190 Å². The minimum Gasteiger partial charge on any atom is -0.379 e. The monoisotopic (exact) mass is 473 g/mol. The van der Waals surface area contributed by atoms with Crippen molar-refractivity contribution in [1.29, 1.82) is 0 Å². The number of carbonyl (C=O) groups excluding carboxylic acids is 2. The van der Waals surface area contributed by atoms with Gasteiger partial charge in [0.2, 0.25) is 10.0 Å². The highest BCUT2D eigenvalue weighted by Gasteiger charge is 2.37. The molecule has 10 heteroatoms. The van der Waals surface area contributed by atoms with Gasteiger partial charge in [0.15, 0.2) is 0 Å². The molecule has 0 radical (unpaired) electrons. The first-order valence-electron chi connectivity index (χ1n) is 10.7. The fourth-order valence-corrected chi connectivity index (χ4v) is 4.06. The van der Waals surface area contributed by atoms with Crippen molar-refractivity contribution in [2.24, 2.45) is 0 Å². The van der Waals surface area contributed by atoms with Crippen molar-refractivity contribution >= 4 is 22.6 Å². The summed E-state index contributed by atoms with van der Waals surface area (Å²) in [5.41, 5.74) is -0.263. The Morgan fingerprint density at radius 3 is 1.88 bits per heavy atom. The van der Waals surface area contributed by atoms with Crippen molar-refractivity contribution in [1.82, 2.24) is 4.72 Å². The van der Waals surface area contributed by atoms with Gasteiger partial charge >= 0.3 is 0 Å². The van der Waals surface area contributed by atoms with Crippen molar-refractivity contribution in [2.45, 2.75) is 43.5 Å². The number of hydrogen-bond acceptors (Lipinski definition) is 8. The molecule has 0 bridgehead atoms. The van der Waals surface area contributed by atoms with E-state index in [1.54, 1.807) is 12.1 Å². The smallest absolute Gasteiger partial charge is 0.241 e. The van der Waals surface area contributed by atoms with E-state index < -0.39 is 15.6 Å². The van der Waals surface area contributed by atoms with Gasteiger partial charge in [-0.15, -0.1) is 0 Å². The van der Waals surface area contributed by atoms with E-state index in [-0.39, 0.29) is 51.0 Å². The van der Waals surface area contributed by atoms with Gasteiger partial charge in [-0.1, -0.05) is 24.6 Å². The van der Waals surface area contributed by atoms with Crippen molar-refractivity contribution in [3.8, 4) is 0 Å². The highest BCUT2D eigenvalue weighted by atomic mass is 32.2. The Kier molecular flexibility index (Phi) is 14.2. The molecule has 0 aromatic heterocycles. The molecule has 0 saturated heterocycles. The van der Waals surface area contributed by atoms with E-state index in [2.05, 4.69) is 4.72 Å². The summed E-state index contributed by atoms with van der Waals surface area (Å²) in [4.78, 5) is 21.1. The van der Waals surface area contributed by atoms with E-state index >= 15 is 0 Å². The molecule has 1 N–H and O–H groups in total. The normalized spacial score (nSPS) is 13.6. The van der Waals surface area contributed by atoms with Gasteiger partial charge in [-0.25, -0.2) is 8.42 Å². The molecule has 9 nitrogen and oxygen atoms in total. The zero-order valence-corrected chi connectivity index (χ0v) is 19.7. The molecule has 1 aromatic rings. The van der Waals surface area contributed by atoms with E-state index in [0.29, 0.717) is 19.6 Å². The van der Waals surface area contributed by atoms with Gasteiger partial charge in [-0.05, 0) is 25.5 Å². The molecule has 1 aromatic carbocycles. The topological polar surface area (TPSA) is 117 Å². The Hall–Kier alpha value is -1.69. The van der Waals surface area contributed by atoms with E-state index in [1.165, 1.54) is 12.1 Å². The first kappa shape index (κ1) is 28.3. The summed E-state index contributed by atoms with van der Waals surface area (Å²) >= 11 is 0. The molecule has 1 atom stereocenters. The fraction of sp³-hybridized carbons (Fsp3) is 0.636. The average Bonchev–Trinajstić information content (AvgIpc) is 2.76. The maximum absolute atomic E-state index is 13.1. The molecule has 0 spiro atoms. The van der Waals surface area contributed by atoms with Crippen LogP contribution < -0.4 is 4.72 Å². The van der Waals surface area contributed by atoms with E-state index in [1.807, 2.05) is 13.8 Å². The van der Waals surface area contributed by atoms with Crippen molar-refractivity contribution in [3.63, 3.8) is 0 Å². The number of aryl methyl sites for hydroxylation is 1. The second-order valence-electron chi connectivity index (χ2n) is 7.38. The van der Waals surface area contributed by atoms with E-state index in [4.69, 9.17) is 18.9 Å². The molecule has 1 unspecified atom stereocenters. The molecule has 0 heterocycles. The van der Waals surface area contributed by atoms with Gasteiger partial charge in [0.05, 0.1) is 51.1 Å². The maximum atomic E-state index is 13.1. The van der Waals surface area contributed by atoms with Crippen molar-refractivity contribution in [2.75, 3.05) is 52.9 Å². The van der Waals surface area contributed by atoms with Gasteiger partial charge in [0, 0.05) is 19.4 Å². The van der Waals surface area contributed by atoms with E-state index in [9.17, 15) is 18.0 Å². The zero-order chi connectivity index (χ0) is 23.7. The summed E-state index contributed by atoms with van der Waals surface area (Å²) < 4.78 is 51.2. The fourth-order valence-electron chi connectivity index (χ4n) is 2.70. The average molecular weight is 474 g/mol. The highest BCUT2D eigenvalue weighted by molar-refractivity contribution is 7.89. The Balaban J connectivity index is 2.96. The number of ether oxygens (including phenoxy) is 4. The first-order valence-corrected chi connectivity index (χ1v) is 12.2. The summed E-state index contributed by atoms with van der Waals surface area (Å²) in [5.74, 6) is 0. The molecule has 0 amide bonds. The molecule has 0 aliphatic carbocycles. The van der Waals surface area contributed by atoms with Crippen LogP contribution in [0.25, 0.3) is 0 Å². The lowest BCUT2D eigenvalue weighted by Crippen LogP contribution is -2.58. The van der Waals surface area contributed by atoms with Gasteiger partial charge in [0.25, 0.3) is 0 Å². The zero-order valence-electron chi connectivity index (χ0n) is 18.9. The summed E-state index contributed by atoms with van der Waals surface area (Å²) in [6.07, 6.45) is 2.77. The number of carbonyl (C=O) groups is 2. The number of rotatable bonds is 20. The van der Waals surface area contributed by atoms with Crippen LogP contribution in [-0.2, 0) is 38.6 Å². The first-order chi connectivity index (χ1) is 15.4. The molecule has 182 valence electrons. The summed E-state index contributed by atoms with van der Waals surface area (Å²) in [6, 6.07) is 6.50. The summed E-state index contributed by atoms with van der Waals surface area (Å²) in [6.45, 7) is 5.14. The molecule has 0 aliphatic rings. The van der Waals surface area contributed by atoms with Crippen LogP contribution in [0.4, 0.5) is 0 Å². The molecular weight excluding hydrogens is 438 g/mol. The minimum absolute atomic E-state index is 0.0268. The van der Waals surface area contributed by atoms with E-state index in [0.717, 1.165) is 24.6 Å². The maximum Gasteiger partial charge on any atom is 0.241 e. The lowest BCUT2D eigenvalue weighted by molar-refractivity contribution is -0.110. The van der Waals surface area contributed by atoms with Crippen LogP contribution in [0, 0.1) is 6.92 Å². The van der Waals surface area contributed by atoms with Gasteiger partial charge < -0.3 is 28.5 Å². The highest BCUT2D eigenvalue weighted by Crippen LogP contribution is 2.17. The Morgan fingerprint density at radius 2 is 1.31 bits per heavy atom. The minimum atomic E-state index is -3.90. The lowest BCUT2D eigenvalue weighted by atomic mass is 10.1. The predicted molar refractivity (Wildman–Crippen MR) is 119 cm³/mol. The van der Waals surface area contributed by atoms with Crippen molar-refractivity contribution in [3.05, 3.63) is 29.8 Å². The standard InChI is InChI=1S/C22H35NO8S/c1-3-12-29-17-22(18-30-14-5-11-25,19-31-16-15-28-13-4-10-24)23-32(26,27)21-8-6-20(2)7-9-21/h6-11,23H,3-5,12-19H2,1-2H3. The Morgan fingerprint density at radius 1 is 0.812 bits per heavy atom. The second kappa shape index (κ2) is 16.0. The lowest BCUT2D eigenvalue weighted by Gasteiger charge is -2.34. The molecule has 0 saturated carbocycles. The van der Waals surface area contributed by atoms with Crippen LogP contribution >= 0.6 is 0 Å². The molecule has 0 fully saturated rings.